The number of aromatic amines is 1. The molecule has 4 saturated carbocycles. The molecule has 3 heteroatoms. The zero-order valence-electron chi connectivity index (χ0n) is 11.9. The summed E-state index contributed by atoms with van der Waals surface area (Å²) < 4.78 is 0. The van der Waals surface area contributed by atoms with Gasteiger partial charge in [-0.1, -0.05) is 0 Å². The predicted molar refractivity (Wildman–Crippen MR) is 76.0 cm³/mol. The topological polar surface area (TPSA) is 40.7 Å². The Morgan fingerprint density at radius 3 is 2.47 bits per heavy atom. The highest BCUT2D eigenvalue weighted by atomic mass is 15.1. The number of hydrogen-bond acceptors (Lipinski definition) is 2. The molecule has 2 N–H and O–H groups in total. The molecule has 1 aromatic heterocycles. The summed E-state index contributed by atoms with van der Waals surface area (Å²) in [4.78, 5) is 0. The predicted octanol–water partition coefficient (Wildman–Crippen LogP) is 2.71. The monoisotopic (exact) mass is 259 g/mol. The van der Waals surface area contributed by atoms with Gasteiger partial charge in [0.2, 0.25) is 0 Å². The van der Waals surface area contributed by atoms with Crippen LogP contribution < -0.4 is 5.32 Å². The van der Waals surface area contributed by atoms with E-state index < -0.39 is 0 Å². The van der Waals surface area contributed by atoms with Crippen LogP contribution in [-0.4, -0.2) is 23.8 Å². The van der Waals surface area contributed by atoms with Gasteiger partial charge < -0.3 is 5.32 Å². The SMILES string of the molecule is CNCCc1cc(C2C3CC4CC(C3)CC2C4)n[nH]1. The van der Waals surface area contributed by atoms with Crippen LogP contribution in [0.15, 0.2) is 6.07 Å². The minimum atomic E-state index is 0.771. The van der Waals surface area contributed by atoms with E-state index in [0.717, 1.165) is 42.6 Å². The quantitative estimate of drug-likeness (QED) is 0.873. The summed E-state index contributed by atoms with van der Waals surface area (Å²) in [5.41, 5.74) is 2.68. The Labute approximate surface area is 115 Å². The maximum atomic E-state index is 4.66. The highest BCUT2D eigenvalue weighted by Crippen LogP contribution is 2.59. The molecule has 0 aromatic carbocycles. The molecule has 0 saturated heterocycles. The Bertz CT molecular complexity index is 423. The van der Waals surface area contributed by atoms with Crippen molar-refractivity contribution >= 4 is 0 Å². The van der Waals surface area contributed by atoms with E-state index in [9.17, 15) is 0 Å². The molecule has 104 valence electrons. The van der Waals surface area contributed by atoms with E-state index in [1.807, 2.05) is 7.05 Å². The number of nitrogens with zero attached hydrogens (tertiary/aromatic N) is 1. The highest BCUT2D eigenvalue weighted by Gasteiger charge is 2.49. The summed E-state index contributed by atoms with van der Waals surface area (Å²) in [6, 6.07) is 2.35. The average molecular weight is 259 g/mol. The largest absolute Gasteiger partial charge is 0.319 e. The molecular weight excluding hydrogens is 234 g/mol. The van der Waals surface area contributed by atoms with Crippen LogP contribution in [0.3, 0.4) is 0 Å². The molecule has 1 heterocycles. The molecule has 19 heavy (non-hydrogen) atoms. The zero-order valence-corrected chi connectivity index (χ0v) is 11.9. The number of hydrogen-bond donors (Lipinski definition) is 2. The molecule has 5 rings (SSSR count). The van der Waals surface area contributed by atoms with Gasteiger partial charge in [0, 0.05) is 24.6 Å². The second-order valence-corrected chi connectivity index (χ2v) is 7.13. The molecule has 0 spiro atoms. The van der Waals surface area contributed by atoms with Gasteiger partial charge in [0.25, 0.3) is 0 Å². The van der Waals surface area contributed by atoms with Crippen LogP contribution >= 0.6 is 0 Å². The standard InChI is InChI=1S/C16H25N3/c1-17-3-2-14-9-15(19-18-14)16-12-5-10-4-11(7-12)8-13(16)6-10/h9-13,16-17H,2-8H2,1H3,(H,18,19). The molecule has 4 fully saturated rings. The fourth-order valence-corrected chi connectivity index (χ4v) is 5.35. The van der Waals surface area contributed by atoms with E-state index in [0.29, 0.717) is 0 Å². The average Bonchev–Trinajstić information content (AvgIpc) is 2.83. The minimum absolute atomic E-state index is 0.771. The van der Waals surface area contributed by atoms with Crippen LogP contribution in [0.2, 0.25) is 0 Å². The van der Waals surface area contributed by atoms with Gasteiger partial charge in [0.15, 0.2) is 0 Å². The summed E-state index contributed by atoms with van der Waals surface area (Å²) in [6.45, 7) is 1.03. The molecule has 0 amide bonds. The van der Waals surface area contributed by atoms with Crippen molar-refractivity contribution in [2.45, 2.75) is 44.4 Å². The summed E-state index contributed by atoms with van der Waals surface area (Å²) in [5, 5.41) is 11.1. The van der Waals surface area contributed by atoms with Crippen molar-refractivity contribution in [1.29, 1.82) is 0 Å². The zero-order chi connectivity index (χ0) is 12.8. The third-order valence-electron chi connectivity index (χ3n) is 5.86. The third kappa shape index (κ3) is 2.03. The van der Waals surface area contributed by atoms with Crippen molar-refractivity contribution in [3.63, 3.8) is 0 Å². The van der Waals surface area contributed by atoms with E-state index in [1.165, 1.54) is 43.5 Å². The lowest BCUT2D eigenvalue weighted by atomic mass is 9.51. The van der Waals surface area contributed by atoms with E-state index in [4.69, 9.17) is 0 Å². The van der Waals surface area contributed by atoms with Crippen LogP contribution in [-0.2, 0) is 6.42 Å². The van der Waals surface area contributed by atoms with Gasteiger partial charge in [-0.05, 0) is 68.9 Å². The first kappa shape index (κ1) is 12.0. The summed E-state index contributed by atoms with van der Waals surface area (Å²) in [6.07, 6.45) is 8.53. The Morgan fingerprint density at radius 1 is 1.16 bits per heavy atom. The smallest absolute Gasteiger partial charge is 0.0661 e. The first-order valence-electron chi connectivity index (χ1n) is 8.02. The van der Waals surface area contributed by atoms with Crippen molar-refractivity contribution < 1.29 is 0 Å². The number of likely N-dealkylation sites (N-methyl/N-ethyl adjacent to an activating group) is 1. The van der Waals surface area contributed by atoms with Gasteiger partial charge >= 0.3 is 0 Å². The van der Waals surface area contributed by atoms with Gasteiger partial charge in [-0.15, -0.1) is 0 Å². The van der Waals surface area contributed by atoms with Gasteiger partial charge in [-0.3, -0.25) is 5.10 Å². The Kier molecular flexibility index (Phi) is 2.91. The van der Waals surface area contributed by atoms with Crippen molar-refractivity contribution in [1.82, 2.24) is 15.5 Å². The molecule has 3 nitrogen and oxygen atoms in total. The van der Waals surface area contributed by atoms with E-state index in [1.54, 1.807) is 0 Å². The lowest BCUT2D eigenvalue weighted by molar-refractivity contribution is -0.00416. The number of H-pyrrole nitrogens is 1. The van der Waals surface area contributed by atoms with E-state index in [-0.39, 0.29) is 0 Å². The second kappa shape index (κ2) is 4.62. The van der Waals surface area contributed by atoms with Crippen molar-refractivity contribution in [2.75, 3.05) is 13.6 Å². The number of rotatable bonds is 4. The molecule has 1 aromatic rings. The molecule has 0 radical (unpaired) electrons. The van der Waals surface area contributed by atoms with E-state index in [2.05, 4.69) is 21.6 Å². The maximum absolute atomic E-state index is 4.66. The second-order valence-electron chi connectivity index (χ2n) is 7.13. The Balaban J connectivity index is 1.54. The molecule has 4 aliphatic rings. The molecule has 0 unspecified atom stereocenters. The van der Waals surface area contributed by atoms with Gasteiger partial charge in [-0.25, -0.2) is 0 Å². The molecular formula is C16H25N3. The van der Waals surface area contributed by atoms with Crippen molar-refractivity contribution in [3.8, 4) is 0 Å². The molecule has 4 bridgehead atoms. The van der Waals surface area contributed by atoms with E-state index >= 15 is 0 Å². The van der Waals surface area contributed by atoms with Crippen LogP contribution in [0.5, 0.6) is 0 Å². The lowest BCUT2D eigenvalue weighted by Crippen LogP contribution is -2.43. The first-order chi connectivity index (χ1) is 9.33. The highest BCUT2D eigenvalue weighted by molar-refractivity contribution is 5.19. The molecule has 0 aliphatic heterocycles. The number of nitrogens with one attached hydrogen (secondary N) is 2. The summed E-state index contributed by atoms with van der Waals surface area (Å²) >= 11 is 0. The first-order valence-corrected chi connectivity index (χ1v) is 8.02. The minimum Gasteiger partial charge on any atom is -0.319 e. The third-order valence-corrected chi connectivity index (χ3v) is 5.86. The van der Waals surface area contributed by atoms with Gasteiger partial charge in [0.05, 0.1) is 5.69 Å². The van der Waals surface area contributed by atoms with Crippen molar-refractivity contribution in [2.24, 2.45) is 23.7 Å². The van der Waals surface area contributed by atoms with Crippen LogP contribution in [0.25, 0.3) is 0 Å². The Hall–Kier alpha value is -0.830. The van der Waals surface area contributed by atoms with Crippen LogP contribution in [0, 0.1) is 23.7 Å². The Morgan fingerprint density at radius 2 is 1.84 bits per heavy atom. The maximum Gasteiger partial charge on any atom is 0.0661 e. The summed E-state index contributed by atoms with van der Waals surface area (Å²) in [7, 11) is 2.01. The van der Waals surface area contributed by atoms with Gasteiger partial charge in [0.1, 0.15) is 0 Å². The van der Waals surface area contributed by atoms with Crippen molar-refractivity contribution in [3.05, 3.63) is 17.5 Å². The lowest BCUT2D eigenvalue weighted by Gasteiger charge is -2.54. The summed E-state index contributed by atoms with van der Waals surface area (Å²) in [5.74, 6) is 4.77. The molecule has 0 atom stereocenters. The number of aromatic nitrogens is 2. The van der Waals surface area contributed by atoms with Crippen LogP contribution in [0.4, 0.5) is 0 Å². The normalized spacial score (nSPS) is 39.9. The molecule has 4 aliphatic carbocycles. The fraction of sp³-hybridized carbons (Fsp3) is 0.812. The van der Waals surface area contributed by atoms with Gasteiger partial charge in [-0.2, -0.15) is 5.10 Å². The van der Waals surface area contributed by atoms with Crippen LogP contribution in [0.1, 0.15) is 49.4 Å². The fourth-order valence-electron chi connectivity index (χ4n) is 5.35.